The first-order valence-corrected chi connectivity index (χ1v) is 16.1. The Kier molecular flexibility index (Phi) is 8.27. The number of nitrogens with zero attached hydrogens (tertiary/aromatic N) is 3. The summed E-state index contributed by atoms with van der Waals surface area (Å²) in [6.45, 7) is 3.36. The average molecular weight is 610 g/mol. The Morgan fingerprint density at radius 2 is 1.78 bits per heavy atom. The number of amides is 1. The number of aryl methyl sites for hydroxylation is 2. The quantitative estimate of drug-likeness (QED) is 0.550. The molecule has 2 fully saturated rings. The second-order valence-corrected chi connectivity index (χ2v) is 13.9. The van der Waals surface area contributed by atoms with E-state index in [0.29, 0.717) is 25.6 Å². The van der Waals surface area contributed by atoms with Crippen molar-refractivity contribution in [1.82, 2.24) is 19.5 Å². The van der Waals surface area contributed by atoms with E-state index in [2.05, 4.69) is 44.3 Å². The summed E-state index contributed by atoms with van der Waals surface area (Å²) < 4.78 is 26.0. The first-order valence-electron chi connectivity index (χ1n) is 13.1. The number of aromatic nitrogens is 1. The molecule has 2 aliphatic heterocycles. The Morgan fingerprint density at radius 3 is 2.49 bits per heavy atom. The number of pyridine rings is 1. The summed E-state index contributed by atoms with van der Waals surface area (Å²) in [6.07, 6.45) is 8.20. The van der Waals surface area contributed by atoms with Gasteiger partial charge in [0.15, 0.2) is 0 Å². The van der Waals surface area contributed by atoms with E-state index in [9.17, 15) is 13.2 Å². The molecule has 1 N–H and O–H groups in total. The van der Waals surface area contributed by atoms with Crippen LogP contribution in [0.15, 0.2) is 34.9 Å². The first kappa shape index (κ1) is 27.1. The topological polar surface area (TPSA) is 82.6 Å². The van der Waals surface area contributed by atoms with E-state index in [1.165, 1.54) is 27.3 Å². The lowest BCUT2D eigenvalue weighted by Crippen LogP contribution is -2.45. The minimum atomic E-state index is -3.13. The highest BCUT2D eigenvalue weighted by Crippen LogP contribution is 2.39. The maximum atomic E-state index is 13.0. The maximum absolute atomic E-state index is 13.0. The highest BCUT2D eigenvalue weighted by molar-refractivity contribution is 9.10. The molecule has 1 amide bonds. The number of likely N-dealkylation sites (tertiary alicyclic amines) is 1. The molecule has 1 aromatic carbocycles. The number of hydrogen-bond acceptors (Lipinski definition) is 5. The van der Waals surface area contributed by atoms with Crippen LogP contribution in [0.4, 0.5) is 0 Å². The van der Waals surface area contributed by atoms with Crippen LogP contribution in [0.25, 0.3) is 0 Å². The number of nitrogens with one attached hydrogen (secondary N) is 1. The summed E-state index contributed by atoms with van der Waals surface area (Å²) in [5, 5.41) is 3.93. The minimum absolute atomic E-state index is 0.000160. The Morgan fingerprint density at radius 1 is 1.08 bits per heavy atom. The molecule has 1 aromatic heterocycles. The highest BCUT2D eigenvalue weighted by atomic mass is 79.9. The maximum Gasteiger partial charge on any atom is 0.223 e. The van der Waals surface area contributed by atoms with Gasteiger partial charge in [-0.05, 0) is 108 Å². The number of carbonyl (C=O) groups is 1. The van der Waals surface area contributed by atoms with Gasteiger partial charge >= 0.3 is 0 Å². The molecule has 2 aromatic rings. The number of hydrogen-bond donors (Lipinski definition) is 1. The second kappa shape index (κ2) is 11.3. The van der Waals surface area contributed by atoms with Crippen LogP contribution in [-0.4, -0.2) is 67.5 Å². The van der Waals surface area contributed by atoms with Gasteiger partial charge in [-0.25, -0.2) is 12.7 Å². The second-order valence-electron chi connectivity index (χ2n) is 10.6. The first-order chi connectivity index (χ1) is 17.7. The van der Waals surface area contributed by atoms with Crippen LogP contribution in [0, 0.1) is 11.8 Å². The molecule has 7 nitrogen and oxygen atoms in total. The Balaban J connectivity index is 1.22. The van der Waals surface area contributed by atoms with Gasteiger partial charge in [-0.15, -0.1) is 0 Å². The lowest BCUT2D eigenvalue weighted by Gasteiger charge is -2.38. The average Bonchev–Trinajstić information content (AvgIpc) is 3.03. The van der Waals surface area contributed by atoms with Crippen molar-refractivity contribution in [3.8, 4) is 0 Å². The molecule has 0 bridgehead atoms. The van der Waals surface area contributed by atoms with Gasteiger partial charge in [-0.3, -0.25) is 14.7 Å². The highest BCUT2D eigenvalue weighted by Gasteiger charge is 2.34. The molecular formula is C27H34BrClN4O3S. The third-order valence-electron chi connectivity index (χ3n) is 8.16. The van der Waals surface area contributed by atoms with Gasteiger partial charge in [0.25, 0.3) is 0 Å². The lowest BCUT2D eigenvalue weighted by molar-refractivity contribution is -0.126. The van der Waals surface area contributed by atoms with E-state index in [1.807, 2.05) is 12.3 Å². The van der Waals surface area contributed by atoms with Gasteiger partial charge in [0.05, 0.1) is 18.0 Å². The fraction of sp³-hybridized carbons (Fsp3) is 0.556. The fourth-order valence-corrected chi connectivity index (χ4v) is 7.48. The van der Waals surface area contributed by atoms with Crippen LogP contribution in [0.5, 0.6) is 0 Å². The van der Waals surface area contributed by atoms with Crippen molar-refractivity contribution in [2.24, 2.45) is 11.8 Å². The number of halogens is 2. The van der Waals surface area contributed by atoms with Crippen LogP contribution >= 0.6 is 27.5 Å². The largest absolute Gasteiger partial charge is 0.356 e. The number of sulfonamides is 1. The molecule has 2 saturated heterocycles. The lowest BCUT2D eigenvalue weighted by atomic mass is 9.90. The monoisotopic (exact) mass is 608 g/mol. The fourth-order valence-electron chi connectivity index (χ4n) is 6.04. The molecule has 1 aliphatic carbocycles. The van der Waals surface area contributed by atoms with Gasteiger partial charge in [-0.1, -0.05) is 17.7 Å². The van der Waals surface area contributed by atoms with Gasteiger partial charge in [-0.2, -0.15) is 0 Å². The molecular weight excluding hydrogens is 576 g/mol. The molecule has 0 saturated carbocycles. The molecule has 0 spiro atoms. The van der Waals surface area contributed by atoms with Crippen molar-refractivity contribution >= 4 is 43.5 Å². The minimum Gasteiger partial charge on any atom is -0.356 e. The Hall–Kier alpha value is -1.52. The molecule has 0 radical (unpaired) electrons. The van der Waals surface area contributed by atoms with Gasteiger partial charge in [0.1, 0.15) is 0 Å². The molecule has 1 atom stereocenters. The van der Waals surface area contributed by atoms with Crippen molar-refractivity contribution in [2.45, 2.75) is 44.6 Å². The summed E-state index contributed by atoms with van der Waals surface area (Å²) in [6, 6.07) is 8.45. The van der Waals surface area contributed by atoms with Crippen LogP contribution in [0.2, 0.25) is 5.02 Å². The van der Waals surface area contributed by atoms with Crippen LogP contribution in [0.1, 0.15) is 54.1 Å². The summed E-state index contributed by atoms with van der Waals surface area (Å²) >= 11 is 9.94. The Labute approximate surface area is 233 Å². The number of piperidine rings is 2. The smallest absolute Gasteiger partial charge is 0.223 e. The van der Waals surface area contributed by atoms with E-state index in [1.54, 1.807) is 0 Å². The predicted molar refractivity (Wildman–Crippen MR) is 149 cm³/mol. The molecule has 5 rings (SSSR count). The van der Waals surface area contributed by atoms with Crippen molar-refractivity contribution in [1.29, 1.82) is 0 Å². The molecule has 37 heavy (non-hydrogen) atoms. The zero-order chi connectivity index (χ0) is 26.2. The van der Waals surface area contributed by atoms with Crippen molar-refractivity contribution in [3.63, 3.8) is 0 Å². The standard InChI is InChI=1S/C27H34BrClN4O3S/c1-37(35,36)33-12-6-18(7-13-33)16-31-27(34)19-8-10-32(11-9-19)26-24-5-4-23(29)15-20(24)2-3-21-14-22(28)17-30-25(21)26/h4-5,14-15,17-19,26H,2-3,6-13,16H2,1H3,(H,31,34). The third kappa shape index (κ3) is 6.22. The normalized spacial score (nSPS) is 22.2. The number of rotatable bonds is 5. The molecule has 200 valence electrons. The van der Waals surface area contributed by atoms with E-state index in [4.69, 9.17) is 16.6 Å². The molecule has 3 heterocycles. The van der Waals surface area contributed by atoms with Gasteiger partial charge in [0, 0.05) is 41.2 Å². The Bertz CT molecular complexity index is 1200. The predicted octanol–water partition coefficient (Wildman–Crippen LogP) is 4.19. The molecule has 1 unspecified atom stereocenters. The zero-order valence-corrected chi connectivity index (χ0v) is 24.3. The third-order valence-corrected chi connectivity index (χ3v) is 10.1. The zero-order valence-electron chi connectivity index (χ0n) is 21.1. The molecule has 10 heteroatoms. The van der Waals surface area contributed by atoms with Crippen molar-refractivity contribution in [3.05, 3.63) is 62.3 Å². The SMILES string of the molecule is CS(=O)(=O)N1CCC(CNC(=O)C2CCN(C3c4ccc(Cl)cc4CCc4cc(Br)cnc43)CC2)CC1. The summed E-state index contributed by atoms with van der Waals surface area (Å²) in [5.74, 6) is 0.458. The van der Waals surface area contributed by atoms with E-state index < -0.39 is 10.0 Å². The van der Waals surface area contributed by atoms with E-state index in [-0.39, 0.29) is 17.9 Å². The van der Waals surface area contributed by atoms with Crippen LogP contribution in [-0.2, 0) is 27.7 Å². The van der Waals surface area contributed by atoms with Crippen molar-refractivity contribution < 1.29 is 13.2 Å². The van der Waals surface area contributed by atoms with E-state index >= 15 is 0 Å². The summed E-state index contributed by atoms with van der Waals surface area (Å²) in [7, 11) is -3.13. The number of fused-ring (bicyclic) bond motifs is 2. The van der Waals surface area contributed by atoms with Crippen molar-refractivity contribution in [2.75, 3.05) is 39.0 Å². The van der Waals surface area contributed by atoms with Gasteiger partial charge < -0.3 is 5.32 Å². The summed E-state index contributed by atoms with van der Waals surface area (Å²) in [5.41, 5.74) is 4.90. The van der Waals surface area contributed by atoms with E-state index in [0.717, 1.165) is 66.8 Å². The number of benzene rings is 1. The van der Waals surface area contributed by atoms with Crippen LogP contribution < -0.4 is 5.32 Å². The van der Waals surface area contributed by atoms with Crippen LogP contribution in [0.3, 0.4) is 0 Å². The molecule has 3 aliphatic rings. The number of carbonyl (C=O) groups excluding carboxylic acids is 1. The van der Waals surface area contributed by atoms with Gasteiger partial charge in [0.2, 0.25) is 15.9 Å². The summed E-state index contributed by atoms with van der Waals surface area (Å²) in [4.78, 5) is 20.4.